The lowest BCUT2D eigenvalue weighted by atomic mass is 10.1. The average molecular weight is 287 g/mol. The lowest BCUT2D eigenvalue weighted by Crippen LogP contribution is -2.30. The van der Waals surface area contributed by atoms with Gasteiger partial charge in [0.1, 0.15) is 0 Å². The van der Waals surface area contributed by atoms with E-state index in [0.717, 1.165) is 21.7 Å². The zero-order valence-corrected chi connectivity index (χ0v) is 12.0. The molecule has 0 bridgehead atoms. The predicted molar refractivity (Wildman–Crippen MR) is 83.2 cm³/mol. The van der Waals surface area contributed by atoms with E-state index in [1.54, 1.807) is 17.8 Å². The third-order valence-electron chi connectivity index (χ3n) is 2.94. The van der Waals surface area contributed by atoms with E-state index in [1.807, 2.05) is 43.3 Å². The number of nitrogen functional groups attached to an aromatic ring is 2. The number of nitrogens with one attached hydrogen (secondary N) is 1. The van der Waals surface area contributed by atoms with Gasteiger partial charge in [0.15, 0.2) is 0 Å². The Morgan fingerprint density at radius 3 is 2.70 bits per heavy atom. The van der Waals surface area contributed by atoms with Crippen LogP contribution in [0.1, 0.15) is 21.5 Å². The summed E-state index contributed by atoms with van der Waals surface area (Å²) in [5.74, 6) is 5.58. The molecule has 20 heavy (non-hydrogen) atoms. The fraction of sp³-hybridized carbons (Fsp3) is 0.133. The topological polar surface area (TPSA) is 81.1 Å². The Balaban J connectivity index is 2.17. The van der Waals surface area contributed by atoms with E-state index in [4.69, 9.17) is 11.6 Å². The first-order valence-electron chi connectivity index (χ1n) is 6.19. The third kappa shape index (κ3) is 3.31. The SMILES string of the molecule is Cc1ccc(SCc2ccccc2C(=O)NN)c(N)c1. The summed E-state index contributed by atoms with van der Waals surface area (Å²) < 4.78 is 0. The van der Waals surface area contributed by atoms with E-state index in [2.05, 4.69) is 5.43 Å². The minimum Gasteiger partial charge on any atom is -0.398 e. The van der Waals surface area contributed by atoms with Gasteiger partial charge in [0.2, 0.25) is 0 Å². The lowest BCUT2D eigenvalue weighted by Gasteiger charge is -2.09. The van der Waals surface area contributed by atoms with Gasteiger partial charge in [-0.1, -0.05) is 24.3 Å². The van der Waals surface area contributed by atoms with Crippen LogP contribution in [-0.4, -0.2) is 5.91 Å². The smallest absolute Gasteiger partial charge is 0.265 e. The number of aryl methyl sites for hydroxylation is 1. The van der Waals surface area contributed by atoms with Crippen molar-refractivity contribution in [1.82, 2.24) is 5.43 Å². The molecule has 2 aromatic rings. The summed E-state index contributed by atoms with van der Waals surface area (Å²) >= 11 is 1.61. The molecule has 104 valence electrons. The third-order valence-corrected chi connectivity index (χ3v) is 4.08. The van der Waals surface area contributed by atoms with Crippen LogP contribution in [-0.2, 0) is 5.75 Å². The van der Waals surface area contributed by atoms with Crippen LogP contribution in [0.15, 0.2) is 47.4 Å². The van der Waals surface area contributed by atoms with E-state index in [0.29, 0.717) is 11.3 Å². The molecule has 2 rings (SSSR count). The Labute approximate surface area is 122 Å². The first kappa shape index (κ1) is 14.4. The second-order valence-corrected chi connectivity index (χ2v) is 5.48. The van der Waals surface area contributed by atoms with Crippen LogP contribution in [0.2, 0.25) is 0 Å². The molecule has 0 saturated carbocycles. The van der Waals surface area contributed by atoms with Gasteiger partial charge in [-0.05, 0) is 36.2 Å². The summed E-state index contributed by atoms with van der Waals surface area (Å²) in [6.07, 6.45) is 0. The standard InChI is InChI=1S/C15H17N3OS/c1-10-6-7-14(13(16)8-10)20-9-11-4-2-3-5-12(11)15(19)18-17/h2-8H,9,16-17H2,1H3,(H,18,19). The lowest BCUT2D eigenvalue weighted by molar-refractivity contribution is 0.0953. The molecular weight excluding hydrogens is 270 g/mol. The summed E-state index contributed by atoms with van der Waals surface area (Å²) in [5, 5.41) is 0. The molecule has 2 aromatic carbocycles. The number of hydrogen-bond acceptors (Lipinski definition) is 4. The Hall–Kier alpha value is -1.98. The molecule has 4 nitrogen and oxygen atoms in total. The molecule has 1 amide bonds. The van der Waals surface area contributed by atoms with Crippen LogP contribution in [0.3, 0.4) is 0 Å². The normalized spacial score (nSPS) is 10.3. The van der Waals surface area contributed by atoms with Gasteiger partial charge in [-0.15, -0.1) is 11.8 Å². The molecule has 5 N–H and O–H groups in total. The molecule has 0 aliphatic carbocycles. The van der Waals surface area contributed by atoms with Crippen molar-refractivity contribution in [1.29, 1.82) is 0 Å². The number of amides is 1. The molecule has 0 unspecified atom stereocenters. The Morgan fingerprint density at radius 2 is 2.00 bits per heavy atom. The van der Waals surface area contributed by atoms with Gasteiger partial charge in [0, 0.05) is 21.9 Å². The second kappa shape index (κ2) is 6.45. The number of hydrogen-bond donors (Lipinski definition) is 3. The average Bonchev–Trinajstić information content (AvgIpc) is 2.46. The van der Waals surface area contributed by atoms with E-state index < -0.39 is 0 Å². The Kier molecular flexibility index (Phi) is 4.65. The van der Waals surface area contributed by atoms with Crippen molar-refractivity contribution in [3.63, 3.8) is 0 Å². The van der Waals surface area contributed by atoms with Crippen LogP contribution in [0.5, 0.6) is 0 Å². The van der Waals surface area contributed by atoms with Crippen molar-refractivity contribution < 1.29 is 4.79 Å². The summed E-state index contributed by atoms with van der Waals surface area (Å²) in [7, 11) is 0. The van der Waals surface area contributed by atoms with Crippen molar-refractivity contribution in [2.45, 2.75) is 17.6 Å². The van der Waals surface area contributed by atoms with Gasteiger partial charge in [0.25, 0.3) is 5.91 Å². The molecule has 0 atom stereocenters. The number of thioether (sulfide) groups is 1. The van der Waals surface area contributed by atoms with Gasteiger partial charge in [0.05, 0.1) is 0 Å². The van der Waals surface area contributed by atoms with Gasteiger partial charge in [-0.3, -0.25) is 10.2 Å². The quantitative estimate of drug-likeness (QED) is 0.265. The van der Waals surface area contributed by atoms with Crippen LogP contribution >= 0.6 is 11.8 Å². The van der Waals surface area contributed by atoms with E-state index in [-0.39, 0.29) is 5.91 Å². The maximum atomic E-state index is 11.7. The monoisotopic (exact) mass is 287 g/mol. The number of hydrazine groups is 1. The highest BCUT2D eigenvalue weighted by atomic mass is 32.2. The molecule has 0 radical (unpaired) electrons. The van der Waals surface area contributed by atoms with Crippen molar-refractivity contribution in [3.05, 3.63) is 59.2 Å². The molecule has 0 aliphatic rings. The molecule has 0 heterocycles. The fourth-order valence-electron chi connectivity index (χ4n) is 1.90. The van der Waals surface area contributed by atoms with E-state index in [1.165, 1.54) is 0 Å². The highest BCUT2D eigenvalue weighted by molar-refractivity contribution is 7.98. The molecule has 5 heteroatoms. The van der Waals surface area contributed by atoms with Crippen LogP contribution in [0, 0.1) is 6.92 Å². The number of nitrogens with two attached hydrogens (primary N) is 2. The Morgan fingerprint density at radius 1 is 1.25 bits per heavy atom. The van der Waals surface area contributed by atoms with Gasteiger partial charge >= 0.3 is 0 Å². The minimum absolute atomic E-state index is 0.280. The summed E-state index contributed by atoms with van der Waals surface area (Å²) in [6, 6.07) is 13.4. The van der Waals surface area contributed by atoms with Crippen molar-refractivity contribution in [3.8, 4) is 0 Å². The zero-order chi connectivity index (χ0) is 14.5. The number of carbonyl (C=O) groups is 1. The first-order valence-corrected chi connectivity index (χ1v) is 7.18. The minimum atomic E-state index is -0.280. The second-order valence-electron chi connectivity index (χ2n) is 4.46. The van der Waals surface area contributed by atoms with Crippen molar-refractivity contribution >= 4 is 23.4 Å². The van der Waals surface area contributed by atoms with Gasteiger partial charge < -0.3 is 5.73 Å². The van der Waals surface area contributed by atoms with Crippen LogP contribution in [0.25, 0.3) is 0 Å². The van der Waals surface area contributed by atoms with Crippen molar-refractivity contribution in [2.24, 2.45) is 5.84 Å². The predicted octanol–water partition coefficient (Wildman–Crippen LogP) is 2.47. The molecule has 0 aromatic heterocycles. The summed E-state index contributed by atoms with van der Waals surface area (Å²) in [4.78, 5) is 12.7. The number of carbonyl (C=O) groups excluding carboxylic acids is 1. The maximum absolute atomic E-state index is 11.7. The fourth-order valence-corrected chi connectivity index (χ4v) is 2.85. The number of benzene rings is 2. The molecular formula is C15H17N3OS. The maximum Gasteiger partial charge on any atom is 0.265 e. The molecule has 0 spiro atoms. The van der Waals surface area contributed by atoms with Crippen molar-refractivity contribution in [2.75, 3.05) is 5.73 Å². The van der Waals surface area contributed by atoms with E-state index >= 15 is 0 Å². The zero-order valence-electron chi connectivity index (χ0n) is 11.2. The summed E-state index contributed by atoms with van der Waals surface area (Å²) in [6.45, 7) is 2.01. The summed E-state index contributed by atoms with van der Waals surface area (Å²) in [5.41, 5.74) is 11.6. The highest BCUT2D eigenvalue weighted by Gasteiger charge is 2.10. The van der Waals surface area contributed by atoms with Crippen LogP contribution < -0.4 is 17.0 Å². The number of anilines is 1. The first-order chi connectivity index (χ1) is 9.61. The Bertz CT molecular complexity index is 628. The van der Waals surface area contributed by atoms with Crippen LogP contribution in [0.4, 0.5) is 5.69 Å². The molecule has 0 fully saturated rings. The van der Waals surface area contributed by atoms with E-state index in [9.17, 15) is 4.79 Å². The number of rotatable bonds is 4. The van der Waals surface area contributed by atoms with Gasteiger partial charge in [-0.25, -0.2) is 5.84 Å². The van der Waals surface area contributed by atoms with Gasteiger partial charge in [-0.2, -0.15) is 0 Å². The molecule has 0 saturated heterocycles. The largest absolute Gasteiger partial charge is 0.398 e. The molecule has 0 aliphatic heterocycles. The highest BCUT2D eigenvalue weighted by Crippen LogP contribution is 2.29.